The van der Waals surface area contributed by atoms with Crippen molar-refractivity contribution in [3.63, 3.8) is 0 Å². The standard InChI is InChI=1S/C21H34NOSSi/c1-7-25(8-2,9-3)23-20(16-15-19-13-11-10-12-14-19)21-22(6)17(4)18(5)24-21/h10-14,20H,7-9,15-16H2,1-6H3/q+1. The van der Waals surface area contributed by atoms with Gasteiger partial charge in [-0.2, -0.15) is 4.57 Å². The number of hydrogen-bond acceptors (Lipinski definition) is 2. The number of aromatic nitrogens is 1. The molecule has 1 heterocycles. The van der Waals surface area contributed by atoms with Gasteiger partial charge in [-0.3, -0.25) is 0 Å². The first kappa shape index (κ1) is 20.3. The van der Waals surface area contributed by atoms with Crippen LogP contribution in [0.5, 0.6) is 0 Å². The second-order valence-corrected chi connectivity index (χ2v) is 13.0. The maximum atomic E-state index is 6.97. The predicted octanol–water partition coefficient (Wildman–Crippen LogP) is 5.89. The molecule has 25 heavy (non-hydrogen) atoms. The Labute approximate surface area is 159 Å². The lowest BCUT2D eigenvalue weighted by Gasteiger charge is -2.31. The van der Waals surface area contributed by atoms with Crippen LogP contribution >= 0.6 is 11.3 Å². The molecule has 0 aliphatic rings. The first-order valence-corrected chi connectivity index (χ1v) is 13.0. The summed E-state index contributed by atoms with van der Waals surface area (Å²) >= 11 is 1.92. The van der Waals surface area contributed by atoms with Crippen LogP contribution in [-0.4, -0.2) is 8.32 Å². The first-order chi connectivity index (χ1) is 12.0. The van der Waals surface area contributed by atoms with Crippen molar-refractivity contribution in [3.05, 3.63) is 51.5 Å². The van der Waals surface area contributed by atoms with Crippen LogP contribution in [0.4, 0.5) is 0 Å². The fourth-order valence-electron chi connectivity index (χ4n) is 3.46. The Kier molecular flexibility index (Phi) is 7.41. The second-order valence-electron chi connectivity index (χ2n) is 7.02. The van der Waals surface area contributed by atoms with Crippen LogP contribution in [0.3, 0.4) is 0 Å². The van der Waals surface area contributed by atoms with Gasteiger partial charge in [-0.25, -0.2) is 0 Å². The predicted molar refractivity (Wildman–Crippen MR) is 111 cm³/mol. The molecule has 0 aliphatic carbocycles. The van der Waals surface area contributed by atoms with Gasteiger partial charge in [0.1, 0.15) is 13.2 Å². The summed E-state index contributed by atoms with van der Waals surface area (Å²) in [4.78, 5) is 1.41. The first-order valence-electron chi connectivity index (χ1n) is 9.64. The quantitative estimate of drug-likeness (QED) is 0.393. The van der Waals surface area contributed by atoms with Crippen molar-refractivity contribution in [2.75, 3.05) is 0 Å². The van der Waals surface area contributed by atoms with E-state index in [1.807, 2.05) is 11.3 Å². The fraction of sp³-hybridized carbons (Fsp3) is 0.571. The van der Waals surface area contributed by atoms with E-state index in [2.05, 4.69) is 76.6 Å². The van der Waals surface area contributed by atoms with Crippen molar-refractivity contribution in [1.82, 2.24) is 0 Å². The van der Waals surface area contributed by atoms with Crippen molar-refractivity contribution in [2.45, 2.75) is 71.7 Å². The lowest BCUT2D eigenvalue weighted by molar-refractivity contribution is -0.683. The molecular weight excluding hydrogens is 342 g/mol. The molecule has 1 unspecified atom stereocenters. The average molecular weight is 377 g/mol. The van der Waals surface area contributed by atoms with Crippen molar-refractivity contribution >= 4 is 19.7 Å². The van der Waals surface area contributed by atoms with Gasteiger partial charge in [0.2, 0.25) is 0 Å². The van der Waals surface area contributed by atoms with Crippen molar-refractivity contribution in [2.24, 2.45) is 7.05 Å². The van der Waals surface area contributed by atoms with Crippen molar-refractivity contribution in [1.29, 1.82) is 0 Å². The number of hydrogen-bond donors (Lipinski definition) is 0. The van der Waals surface area contributed by atoms with E-state index in [4.69, 9.17) is 4.43 Å². The topological polar surface area (TPSA) is 13.1 Å². The molecule has 0 spiro atoms. The molecule has 0 N–H and O–H groups in total. The van der Waals surface area contributed by atoms with E-state index in [-0.39, 0.29) is 6.10 Å². The minimum absolute atomic E-state index is 0.217. The summed E-state index contributed by atoms with van der Waals surface area (Å²) < 4.78 is 9.33. The second kappa shape index (κ2) is 9.11. The zero-order valence-corrected chi connectivity index (χ0v) is 18.6. The molecule has 138 valence electrons. The molecule has 2 rings (SSSR count). The molecule has 0 fully saturated rings. The van der Waals surface area contributed by atoms with Gasteiger partial charge in [-0.1, -0.05) is 62.4 Å². The highest BCUT2D eigenvalue weighted by molar-refractivity contribution is 7.11. The molecule has 0 saturated heterocycles. The number of nitrogens with zero attached hydrogens (tertiary/aromatic N) is 1. The Morgan fingerprint density at radius 1 is 1.04 bits per heavy atom. The largest absolute Gasteiger partial charge is 0.403 e. The average Bonchev–Trinajstić information content (AvgIpc) is 2.91. The summed E-state index contributed by atoms with van der Waals surface area (Å²) in [5.41, 5.74) is 2.77. The van der Waals surface area contributed by atoms with E-state index in [9.17, 15) is 0 Å². The Balaban J connectivity index is 2.28. The van der Waals surface area contributed by atoms with Gasteiger partial charge in [-0.15, -0.1) is 0 Å². The van der Waals surface area contributed by atoms with Crippen LogP contribution in [-0.2, 0) is 17.9 Å². The third kappa shape index (κ3) is 4.81. The highest BCUT2D eigenvalue weighted by Crippen LogP contribution is 2.34. The van der Waals surface area contributed by atoms with E-state index >= 15 is 0 Å². The summed E-state index contributed by atoms with van der Waals surface area (Å²) in [7, 11) is 0.555. The normalized spacial score (nSPS) is 13.2. The van der Waals surface area contributed by atoms with E-state index in [1.165, 1.54) is 39.3 Å². The zero-order valence-electron chi connectivity index (χ0n) is 16.8. The fourth-order valence-corrected chi connectivity index (χ4v) is 7.55. The number of rotatable bonds is 9. The molecular formula is C21H34NOSSi+. The summed E-state index contributed by atoms with van der Waals surface area (Å²) in [6.45, 7) is 11.4. The van der Waals surface area contributed by atoms with Gasteiger partial charge in [0.05, 0.1) is 4.88 Å². The molecule has 0 saturated carbocycles. The molecule has 0 radical (unpaired) electrons. The zero-order chi connectivity index (χ0) is 18.4. The number of thiazole rings is 1. The molecule has 1 aromatic heterocycles. The van der Waals surface area contributed by atoms with E-state index in [0.29, 0.717) is 0 Å². The smallest absolute Gasteiger partial charge is 0.265 e. The maximum absolute atomic E-state index is 6.97. The van der Waals surface area contributed by atoms with E-state index in [1.54, 1.807) is 0 Å². The van der Waals surface area contributed by atoms with Gasteiger partial charge in [0.15, 0.2) is 14.0 Å². The summed E-state index contributed by atoms with van der Waals surface area (Å²) in [5.74, 6) is 0. The molecule has 1 atom stereocenters. The maximum Gasteiger partial charge on any atom is 0.265 e. The van der Waals surface area contributed by atoms with Crippen molar-refractivity contribution < 1.29 is 8.99 Å². The molecule has 2 aromatic rings. The van der Waals surface area contributed by atoms with Gasteiger partial charge in [0.25, 0.3) is 5.01 Å². The Morgan fingerprint density at radius 2 is 1.64 bits per heavy atom. The van der Waals surface area contributed by atoms with E-state index in [0.717, 1.165) is 12.8 Å². The van der Waals surface area contributed by atoms with Gasteiger partial charge >= 0.3 is 0 Å². The summed E-state index contributed by atoms with van der Waals surface area (Å²) in [6, 6.07) is 14.4. The van der Waals surface area contributed by atoms with Crippen LogP contribution in [0.25, 0.3) is 0 Å². The lowest BCUT2D eigenvalue weighted by atomic mass is 10.1. The molecule has 2 nitrogen and oxygen atoms in total. The molecule has 0 bridgehead atoms. The SMILES string of the molecule is CC[Si](CC)(CC)OC(CCc1ccccc1)c1sc(C)c(C)[n+]1C. The van der Waals surface area contributed by atoms with Crippen molar-refractivity contribution in [3.8, 4) is 0 Å². The minimum atomic E-state index is -1.64. The third-order valence-electron chi connectivity index (χ3n) is 5.74. The van der Waals surface area contributed by atoms with E-state index < -0.39 is 8.32 Å². The summed E-state index contributed by atoms with van der Waals surface area (Å²) in [6.07, 6.45) is 2.35. The Morgan fingerprint density at radius 3 is 2.12 bits per heavy atom. The lowest BCUT2D eigenvalue weighted by Crippen LogP contribution is -2.41. The third-order valence-corrected chi connectivity index (χ3v) is 11.7. The van der Waals surface area contributed by atoms with Crippen LogP contribution in [0.1, 0.15) is 54.4 Å². The van der Waals surface area contributed by atoms with Crippen LogP contribution in [0, 0.1) is 13.8 Å². The Bertz CT molecular complexity index is 656. The monoisotopic (exact) mass is 376 g/mol. The highest BCUT2D eigenvalue weighted by atomic mass is 32.1. The van der Waals surface area contributed by atoms with Gasteiger partial charge in [-0.05, 0) is 43.5 Å². The molecule has 4 heteroatoms. The van der Waals surface area contributed by atoms with Gasteiger partial charge in [0, 0.05) is 6.92 Å². The molecule has 0 aliphatic heterocycles. The number of benzene rings is 1. The van der Waals surface area contributed by atoms with Crippen LogP contribution < -0.4 is 4.57 Å². The summed E-state index contributed by atoms with van der Waals surface area (Å²) in [5, 5.41) is 1.39. The highest BCUT2D eigenvalue weighted by Gasteiger charge is 2.36. The number of aryl methyl sites for hydroxylation is 2. The minimum Gasteiger partial charge on any atom is -0.403 e. The molecule has 0 amide bonds. The van der Waals surface area contributed by atoms with Crippen LogP contribution in [0.2, 0.25) is 18.1 Å². The van der Waals surface area contributed by atoms with Gasteiger partial charge < -0.3 is 4.43 Å². The van der Waals surface area contributed by atoms with Crippen LogP contribution in [0.15, 0.2) is 30.3 Å². The molecule has 1 aromatic carbocycles. The Hall–Kier alpha value is -0.973.